The normalized spacial score (nSPS) is 14.3. The number of methoxy groups -OCH3 is 1. The van der Waals surface area contributed by atoms with E-state index in [1.54, 1.807) is 55.6 Å². The lowest BCUT2D eigenvalue weighted by molar-refractivity contribution is -0.127. The molecule has 1 aliphatic carbocycles. The highest BCUT2D eigenvalue weighted by Gasteiger charge is 2.35. The summed E-state index contributed by atoms with van der Waals surface area (Å²) in [6, 6.07) is 17.5. The van der Waals surface area contributed by atoms with E-state index in [0.717, 1.165) is 43.6 Å². The van der Waals surface area contributed by atoms with Gasteiger partial charge in [-0.15, -0.1) is 0 Å². The Labute approximate surface area is 247 Å². The van der Waals surface area contributed by atoms with Gasteiger partial charge < -0.3 is 20.7 Å². The molecule has 7 nitrogen and oxygen atoms in total. The molecule has 2 amide bonds. The number of carbonyl (C=O) groups is 2. The van der Waals surface area contributed by atoms with Crippen molar-refractivity contribution in [2.75, 3.05) is 12.8 Å². The Morgan fingerprint density at radius 2 is 1.60 bits per heavy atom. The maximum atomic E-state index is 14.3. The van der Waals surface area contributed by atoms with Crippen LogP contribution in [0.25, 0.3) is 11.3 Å². The number of ether oxygens (including phenoxy) is 1. The molecule has 3 aromatic carbocycles. The van der Waals surface area contributed by atoms with E-state index in [4.69, 9.17) is 10.5 Å². The zero-order chi connectivity index (χ0) is 29.6. The number of anilines is 1. The summed E-state index contributed by atoms with van der Waals surface area (Å²) in [5, 5.41) is 3.18. The van der Waals surface area contributed by atoms with Gasteiger partial charge in [-0.3, -0.25) is 9.59 Å². The first kappa shape index (κ1) is 29.2. The van der Waals surface area contributed by atoms with Gasteiger partial charge in [0.05, 0.1) is 12.8 Å². The van der Waals surface area contributed by atoms with Gasteiger partial charge in [0, 0.05) is 18.2 Å². The van der Waals surface area contributed by atoms with Crippen LogP contribution in [0.2, 0.25) is 0 Å². The van der Waals surface area contributed by atoms with Crippen LogP contribution < -0.4 is 15.8 Å². The van der Waals surface area contributed by atoms with Crippen molar-refractivity contribution in [3.8, 4) is 17.0 Å². The molecule has 0 spiro atoms. The van der Waals surface area contributed by atoms with Gasteiger partial charge in [0.1, 0.15) is 34.0 Å². The third kappa shape index (κ3) is 6.60. The highest BCUT2D eigenvalue weighted by atomic mass is 32.1. The van der Waals surface area contributed by atoms with Crippen molar-refractivity contribution in [2.45, 2.75) is 50.7 Å². The number of rotatable bonds is 9. The number of nitrogen functional groups attached to an aromatic ring is 1. The van der Waals surface area contributed by atoms with Crippen LogP contribution in [0.4, 0.5) is 14.5 Å². The summed E-state index contributed by atoms with van der Waals surface area (Å²) in [7, 11) is 1.55. The summed E-state index contributed by atoms with van der Waals surface area (Å²) in [5.41, 5.74) is 8.75. The van der Waals surface area contributed by atoms with Crippen molar-refractivity contribution in [1.82, 2.24) is 14.6 Å². The van der Waals surface area contributed by atoms with Crippen LogP contribution >= 0.6 is 11.5 Å². The van der Waals surface area contributed by atoms with E-state index < -0.39 is 23.6 Å². The first-order valence-electron chi connectivity index (χ1n) is 13.8. The fourth-order valence-electron chi connectivity index (χ4n) is 5.25. The summed E-state index contributed by atoms with van der Waals surface area (Å²) in [5.74, 6) is -1.02. The van der Waals surface area contributed by atoms with Crippen molar-refractivity contribution in [2.24, 2.45) is 0 Å². The number of aromatic nitrogens is 1. The van der Waals surface area contributed by atoms with Gasteiger partial charge in [0.15, 0.2) is 0 Å². The molecule has 42 heavy (non-hydrogen) atoms. The van der Waals surface area contributed by atoms with Crippen LogP contribution in [-0.2, 0) is 11.3 Å². The summed E-state index contributed by atoms with van der Waals surface area (Å²) >= 11 is 0.919. The van der Waals surface area contributed by atoms with Gasteiger partial charge in [-0.2, -0.15) is 4.37 Å². The van der Waals surface area contributed by atoms with Crippen LogP contribution in [-0.4, -0.2) is 34.2 Å². The smallest absolute Gasteiger partial charge is 0.268 e. The quantitative estimate of drug-likeness (QED) is 0.232. The van der Waals surface area contributed by atoms with Crippen LogP contribution in [0.5, 0.6) is 5.75 Å². The molecule has 1 aliphatic rings. The van der Waals surface area contributed by atoms with E-state index in [1.807, 2.05) is 0 Å². The number of nitrogens with one attached hydrogen (secondary N) is 1. The lowest BCUT2D eigenvalue weighted by Crippen LogP contribution is -2.46. The van der Waals surface area contributed by atoms with Crippen LogP contribution in [0.1, 0.15) is 58.9 Å². The van der Waals surface area contributed by atoms with Crippen molar-refractivity contribution in [1.29, 1.82) is 0 Å². The molecule has 1 heterocycles. The Morgan fingerprint density at radius 1 is 0.976 bits per heavy atom. The van der Waals surface area contributed by atoms with Crippen molar-refractivity contribution in [3.05, 3.63) is 100 Å². The second-order valence-corrected chi connectivity index (χ2v) is 11.1. The first-order valence-corrected chi connectivity index (χ1v) is 14.6. The van der Waals surface area contributed by atoms with Gasteiger partial charge in [-0.25, -0.2) is 8.78 Å². The zero-order valence-corrected chi connectivity index (χ0v) is 24.0. The summed E-state index contributed by atoms with van der Waals surface area (Å²) in [4.78, 5) is 30.0. The molecule has 0 saturated heterocycles. The summed E-state index contributed by atoms with van der Waals surface area (Å²) in [6.45, 7) is 0.0110. The molecule has 0 unspecified atom stereocenters. The highest BCUT2D eigenvalue weighted by molar-refractivity contribution is 7.09. The number of hydrogen-bond donors (Lipinski definition) is 2. The predicted octanol–water partition coefficient (Wildman–Crippen LogP) is 6.51. The third-order valence-electron chi connectivity index (χ3n) is 7.51. The Balaban J connectivity index is 1.57. The number of carbonyl (C=O) groups excluding carboxylic acids is 2. The number of halogens is 2. The minimum Gasteiger partial charge on any atom is -0.497 e. The predicted molar refractivity (Wildman–Crippen MR) is 159 cm³/mol. The van der Waals surface area contributed by atoms with Gasteiger partial charge in [-0.05, 0) is 84.0 Å². The number of amides is 2. The molecule has 4 aromatic rings. The lowest BCUT2D eigenvalue weighted by Gasteiger charge is -2.33. The van der Waals surface area contributed by atoms with Crippen molar-refractivity contribution in [3.63, 3.8) is 0 Å². The summed E-state index contributed by atoms with van der Waals surface area (Å²) < 4.78 is 37.0. The van der Waals surface area contributed by atoms with Gasteiger partial charge in [0.2, 0.25) is 5.91 Å². The second-order valence-electron chi connectivity index (χ2n) is 10.4. The fraction of sp³-hybridized carbons (Fsp3) is 0.281. The fourth-order valence-corrected chi connectivity index (χ4v) is 6.03. The Kier molecular flexibility index (Phi) is 9.12. The molecule has 0 radical (unpaired) electrons. The standard InChI is InChI=1S/C32H32F2N4O3S/c1-41-26-17-11-22(12-18-26)29(31(39)36-25-5-3-2-4-6-25)38(19-20-7-13-23(33)14-8-20)32(40)30-27(35)28(37-42-30)21-9-15-24(34)16-10-21/h7-18,25,29H,2-6,19,35H2,1H3,(H,36,39)/t29-/m1/s1. The number of nitrogens with two attached hydrogens (primary N) is 1. The van der Waals surface area contributed by atoms with Crippen molar-refractivity contribution >= 4 is 29.0 Å². The molecule has 1 saturated carbocycles. The second kappa shape index (κ2) is 13.1. The van der Waals surface area contributed by atoms with E-state index >= 15 is 0 Å². The van der Waals surface area contributed by atoms with Crippen LogP contribution in [0, 0.1) is 11.6 Å². The third-order valence-corrected chi connectivity index (χ3v) is 8.36. The first-order chi connectivity index (χ1) is 20.3. The molecule has 0 bridgehead atoms. The Bertz CT molecular complexity index is 1520. The van der Waals surface area contributed by atoms with E-state index in [1.165, 1.54) is 29.2 Å². The molecule has 1 fully saturated rings. The maximum Gasteiger partial charge on any atom is 0.268 e. The van der Waals surface area contributed by atoms with Crippen LogP contribution in [0.3, 0.4) is 0 Å². The Hall–Kier alpha value is -4.31. The average Bonchev–Trinajstić information content (AvgIpc) is 3.39. The number of benzene rings is 3. The van der Waals surface area contributed by atoms with Gasteiger partial charge in [-0.1, -0.05) is 43.5 Å². The molecule has 1 aromatic heterocycles. The molecule has 10 heteroatoms. The largest absolute Gasteiger partial charge is 0.497 e. The molecule has 3 N–H and O–H groups in total. The zero-order valence-electron chi connectivity index (χ0n) is 23.2. The van der Waals surface area contributed by atoms with E-state index in [2.05, 4.69) is 9.69 Å². The molecule has 0 aliphatic heterocycles. The van der Waals surface area contributed by atoms with E-state index in [0.29, 0.717) is 28.1 Å². The molecule has 218 valence electrons. The highest BCUT2D eigenvalue weighted by Crippen LogP contribution is 2.35. The molecular formula is C32H32F2N4O3S. The van der Waals surface area contributed by atoms with Crippen LogP contribution in [0.15, 0.2) is 72.8 Å². The maximum absolute atomic E-state index is 14.3. The Morgan fingerprint density at radius 3 is 2.21 bits per heavy atom. The number of hydrogen-bond acceptors (Lipinski definition) is 6. The molecular weight excluding hydrogens is 558 g/mol. The average molecular weight is 591 g/mol. The molecule has 1 atom stereocenters. The minimum absolute atomic E-state index is 0.00771. The molecule has 5 rings (SSSR count). The van der Waals surface area contributed by atoms with E-state index in [9.17, 15) is 18.4 Å². The summed E-state index contributed by atoms with van der Waals surface area (Å²) in [6.07, 6.45) is 4.93. The van der Waals surface area contributed by atoms with Crippen molar-refractivity contribution < 1.29 is 23.1 Å². The monoisotopic (exact) mass is 590 g/mol. The SMILES string of the molecule is COc1ccc([C@H](C(=O)NC2CCCCC2)N(Cc2ccc(F)cc2)C(=O)c2snc(-c3ccc(F)cc3)c2N)cc1. The topological polar surface area (TPSA) is 97.5 Å². The van der Waals surface area contributed by atoms with E-state index in [-0.39, 0.29) is 29.1 Å². The van der Waals surface area contributed by atoms with Gasteiger partial charge in [0.25, 0.3) is 5.91 Å². The minimum atomic E-state index is -1.02. The number of nitrogens with zero attached hydrogens (tertiary/aromatic N) is 2. The lowest BCUT2D eigenvalue weighted by atomic mass is 9.94. The van der Waals surface area contributed by atoms with Gasteiger partial charge >= 0.3 is 0 Å².